The molecule has 2 aliphatic rings. The lowest BCUT2D eigenvalue weighted by molar-refractivity contribution is 0.167. The second kappa shape index (κ2) is 6.79. The molecule has 0 spiro atoms. The van der Waals surface area contributed by atoms with Gasteiger partial charge in [-0.1, -0.05) is 27.7 Å². The highest BCUT2D eigenvalue weighted by Crippen LogP contribution is 2.33. The summed E-state index contributed by atoms with van der Waals surface area (Å²) in [7, 11) is 2.27. The molecule has 118 valence electrons. The molecule has 2 saturated heterocycles. The van der Waals surface area contributed by atoms with Gasteiger partial charge < -0.3 is 9.80 Å². The standard InChI is InChI=1S/C18H36N2/c1-15(2)10-16-7-9-20(13-16)14-18(3,4)11-17-6-8-19(5)12-17/h15-17H,6-14H2,1-5H3/t16-,17+/m0/s1. The Morgan fingerprint density at radius 2 is 1.75 bits per heavy atom. The molecule has 2 aliphatic heterocycles. The summed E-state index contributed by atoms with van der Waals surface area (Å²) in [5.74, 6) is 2.76. The van der Waals surface area contributed by atoms with Crippen molar-refractivity contribution >= 4 is 0 Å². The number of likely N-dealkylation sites (tertiary alicyclic amines) is 2. The molecule has 0 aromatic carbocycles. The van der Waals surface area contributed by atoms with E-state index in [0.29, 0.717) is 5.41 Å². The van der Waals surface area contributed by atoms with Gasteiger partial charge in [-0.15, -0.1) is 0 Å². The molecule has 0 aliphatic carbocycles. The third-order valence-electron chi connectivity index (χ3n) is 5.16. The lowest BCUT2D eigenvalue weighted by atomic mass is 9.82. The van der Waals surface area contributed by atoms with E-state index < -0.39 is 0 Å². The Bertz CT molecular complexity index is 298. The zero-order chi connectivity index (χ0) is 14.8. The van der Waals surface area contributed by atoms with Crippen LogP contribution in [-0.4, -0.2) is 49.6 Å². The molecule has 0 saturated carbocycles. The van der Waals surface area contributed by atoms with Crippen LogP contribution in [0.3, 0.4) is 0 Å². The SMILES string of the molecule is CC(C)C[C@@H]1CCN(CC(C)(C)C[C@H]2CCN(C)C2)C1. The van der Waals surface area contributed by atoms with E-state index in [1.54, 1.807) is 0 Å². The summed E-state index contributed by atoms with van der Waals surface area (Å²) >= 11 is 0. The van der Waals surface area contributed by atoms with E-state index in [2.05, 4.69) is 44.5 Å². The van der Waals surface area contributed by atoms with Crippen LogP contribution in [-0.2, 0) is 0 Å². The van der Waals surface area contributed by atoms with Crippen molar-refractivity contribution in [3.8, 4) is 0 Å². The van der Waals surface area contributed by atoms with Crippen LogP contribution < -0.4 is 0 Å². The zero-order valence-corrected chi connectivity index (χ0v) is 14.5. The molecule has 0 aromatic heterocycles. The summed E-state index contributed by atoms with van der Waals surface area (Å²) in [6.07, 6.45) is 5.67. The monoisotopic (exact) mass is 280 g/mol. The molecule has 0 aromatic rings. The van der Waals surface area contributed by atoms with Crippen LogP contribution in [0.4, 0.5) is 0 Å². The minimum Gasteiger partial charge on any atom is -0.306 e. The third kappa shape index (κ3) is 5.04. The van der Waals surface area contributed by atoms with Gasteiger partial charge >= 0.3 is 0 Å². The van der Waals surface area contributed by atoms with E-state index in [-0.39, 0.29) is 0 Å². The Labute approximate surface area is 126 Å². The van der Waals surface area contributed by atoms with Crippen LogP contribution in [0.2, 0.25) is 0 Å². The van der Waals surface area contributed by atoms with Crippen molar-refractivity contribution in [3.05, 3.63) is 0 Å². The van der Waals surface area contributed by atoms with E-state index >= 15 is 0 Å². The highest BCUT2D eigenvalue weighted by atomic mass is 15.2. The summed E-state index contributed by atoms with van der Waals surface area (Å²) < 4.78 is 0. The number of rotatable bonds is 6. The van der Waals surface area contributed by atoms with Gasteiger partial charge in [0, 0.05) is 19.6 Å². The van der Waals surface area contributed by atoms with E-state index in [4.69, 9.17) is 0 Å². The Kier molecular flexibility index (Phi) is 5.53. The predicted octanol–water partition coefficient (Wildman–Crippen LogP) is 3.72. The van der Waals surface area contributed by atoms with Crippen molar-refractivity contribution in [2.75, 3.05) is 39.8 Å². The molecule has 2 fully saturated rings. The second-order valence-corrected chi connectivity index (χ2v) is 8.80. The maximum Gasteiger partial charge on any atom is 0.00329 e. The van der Waals surface area contributed by atoms with Crippen molar-refractivity contribution in [3.63, 3.8) is 0 Å². The molecule has 2 heterocycles. The topological polar surface area (TPSA) is 6.48 Å². The molecule has 2 heteroatoms. The van der Waals surface area contributed by atoms with Gasteiger partial charge in [-0.05, 0) is 69.0 Å². The average molecular weight is 281 g/mol. The molecule has 0 N–H and O–H groups in total. The van der Waals surface area contributed by atoms with E-state index in [0.717, 1.165) is 17.8 Å². The van der Waals surface area contributed by atoms with Gasteiger partial charge in [-0.3, -0.25) is 0 Å². The Morgan fingerprint density at radius 3 is 2.35 bits per heavy atom. The first-order valence-corrected chi connectivity index (χ1v) is 8.75. The second-order valence-electron chi connectivity index (χ2n) is 8.80. The largest absolute Gasteiger partial charge is 0.306 e. The van der Waals surface area contributed by atoms with Crippen molar-refractivity contribution in [2.24, 2.45) is 23.2 Å². The van der Waals surface area contributed by atoms with Crippen LogP contribution in [0.1, 0.15) is 53.4 Å². The van der Waals surface area contributed by atoms with E-state index in [9.17, 15) is 0 Å². The molecule has 0 bridgehead atoms. The zero-order valence-electron chi connectivity index (χ0n) is 14.5. The van der Waals surface area contributed by atoms with Crippen molar-refractivity contribution in [1.82, 2.24) is 9.80 Å². The first-order chi connectivity index (χ1) is 9.34. The van der Waals surface area contributed by atoms with Gasteiger partial charge in [0.25, 0.3) is 0 Å². The molecule has 20 heavy (non-hydrogen) atoms. The van der Waals surface area contributed by atoms with Crippen molar-refractivity contribution in [2.45, 2.75) is 53.4 Å². The number of hydrogen-bond acceptors (Lipinski definition) is 2. The molecule has 2 nitrogen and oxygen atoms in total. The summed E-state index contributed by atoms with van der Waals surface area (Å²) in [5, 5.41) is 0. The van der Waals surface area contributed by atoms with Crippen LogP contribution in [0.5, 0.6) is 0 Å². The Hall–Kier alpha value is -0.0800. The molecule has 0 unspecified atom stereocenters. The fourth-order valence-corrected chi connectivity index (χ4v) is 4.56. The molecule has 2 rings (SSSR count). The van der Waals surface area contributed by atoms with Crippen LogP contribution in [0, 0.1) is 23.2 Å². The van der Waals surface area contributed by atoms with Gasteiger partial charge in [-0.2, -0.15) is 0 Å². The first kappa shape index (κ1) is 16.3. The summed E-state index contributed by atoms with van der Waals surface area (Å²) in [6.45, 7) is 16.3. The van der Waals surface area contributed by atoms with E-state index in [1.165, 1.54) is 58.4 Å². The first-order valence-electron chi connectivity index (χ1n) is 8.75. The van der Waals surface area contributed by atoms with E-state index in [1.807, 2.05) is 0 Å². The lowest BCUT2D eigenvalue weighted by Gasteiger charge is -2.32. The minimum absolute atomic E-state index is 0.489. The molecule has 0 amide bonds. The van der Waals surface area contributed by atoms with Gasteiger partial charge in [0.15, 0.2) is 0 Å². The summed E-state index contributed by atoms with van der Waals surface area (Å²) in [5.41, 5.74) is 0.489. The van der Waals surface area contributed by atoms with Gasteiger partial charge in [0.1, 0.15) is 0 Å². The van der Waals surface area contributed by atoms with Gasteiger partial charge in [-0.25, -0.2) is 0 Å². The summed E-state index contributed by atoms with van der Waals surface area (Å²) in [6, 6.07) is 0. The smallest absolute Gasteiger partial charge is 0.00329 e. The molecular weight excluding hydrogens is 244 g/mol. The Morgan fingerprint density at radius 1 is 1.05 bits per heavy atom. The van der Waals surface area contributed by atoms with Gasteiger partial charge in [0.05, 0.1) is 0 Å². The Balaban J connectivity index is 1.74. The number of nitrogens with zero attached hydrogens (tertiary/aromatic N) is 2. The fraction of sp³-hybridized carbons (Fsp3) is 1.00. The van der Waals surface area contributed by atoms with Crippen LogP contribution in [0.15, 0.2) is 0 Å². The molecule has 0 radical (unpaired) electrons. The minimum atomic E-state index is 0.489. The normalized spacial score (nSPS) is 29.7. The predicted molar refractivity (Wildman–Crippen MR) is 88.0 cm³/mol. The van der Waals surface area contributed by atoms with Crippen molar-refractivity contribution in [1.29, 1.82) is 0 Å². The molecule has 2 atom stereocenters. The van der Waals surface area contributed by atoms with Crippen LogP contribution in [0.25, 0.3) is 0 Å². The van der Waals surface area contributed by atoms with Crippen LogP contribution >= 0.6 is 0 Å². The number of hydrogen-bond donors (Lipinski definition) is 0. The maximum absolute atomic E-state index is 2.74. The van der Waals surface area contributed by atoms with Crippen molar-refractivity contribution < 1.29 is 0 Å². The molecular formula is C18H36N2. The average Bonchev–Trinajstić information content (AvgIpc) is 2.86. The quantitative estimate of drug-likeness (QED) is 0.731. The van der Waals surface area contributed by atoms with Gasteiger partial charge in [0.2, 0.25) is 0 Å². The maximum atomic E-state index is 2.74. The fourth-order valence-electron chi connectivity index (χ4n) is 4.56. The highest BCUT2D eigenvalue weighted by Gasteiger charge is 2.31. The third-order valence-corrected chi connectivity index (χ3v) is 5.16. The lowest BCUT2D eigenvalue weighted by Crippen LogP contribution is -2.34. The summed E-state index contributed by atoms with van der Waals surface area (Å²) in [4.78, 5) is 5.24. The highest BCUT2D eigenvalue weighted by molar-refractivity contribution is 4.85.